The van der Waals surface area contributed by atoms with Gasteiger partial charge in [0.2, 0.25) is 0 Å². The fraction of sp³-hybridized carbons (Fsp3) is 0. The van der Waals surface area contributed by atoms with Crippen molar-refractivity contribution in [3.63, 3.8) is 0 Å². The van der Waals surface area contributed by atoms with Crippen LogP contribution in [0.2, 0.25) is 0 Å². The predicted molar refractivity (Wildman–Crippen MR) is 245 cm³/mol. The molecule has 10 aromatic rings. The first-order valence-corrected chi connectivity index (χ1v) is 23.8. The van der Waals surface area contributed by atoms with E-state index in [0.29, 0.717) is 0 Å². The molecule has 0 aliphatic heterocycles. The normalized spacial score (nSPS) is 11.5. The molecule has 0 saturated carbocycles. The standard InChI is InChI=1S/C54H40GeN2/c1-6-18-43(19-7-1)55(44-20-8-2-9-21-44,45-22-10-3-11-23-45)46-34-30-41(31-35-46)42-32-36-49(37-33-42)56(47-24-12-4-13-25-47)50-38-39-54-52(40-50)51-28-16-17-29-53(51)57(54)48-26-14-5-15-27-48/h1-40H. The van der Waals surface area contributed by atoms with Crippen LogP contribution >= 0.6 is 0 Å². The molecule has 0 aliphatic rings. The second-order valence-corrected chi connectivity index (χ2v) is 22.5. The van der Waals surface area contributed by atoms with Crippen LogP contribution < -0.4 is 22.5 Å². The van der Waals surface area contributed by atoms with Crippen molar-refractivity contribution in [1.29, 1.82) is 0 Å². The van der Waals surface area contributed by atoms with Crippen molar-refractivity contribution in [1.82, 2.24) is 4.57 Å². The van der Waals surface area contributed by atoms with Crippen molar-refractivity contribution >= 4 is 69.7 Å². The van der Waals surface area contributed by atoms with Gasteiger partial charge in [-0.05, 0) is 18.2 Å². The topological polar surface area (TPSA) is 8.17 Å². The molecular weight excluding hydrogens is 749 g/mol. The number of hydrogen-bond donors (Lipinski definition) is 0. The number of benzene rings is 9. The maximum atomic E-state index is 2.40. The third kappa shape index (κ3) is 6.16. The number of rotatable bonds is 9. The van der Waals surface area contributed by atoms with Crippen LogP contribution in [-0.2, 0) is 0 Å². The number of nitrogens with zero attached hydrogens (tertiary/aromatic N) is 2. The molecule has 0 saturated heterocycles. The van der Waals surface area contributed by atoms with Gasteiger partial charge in [-0.15, -0.1) is 0 Å². The van der Waals surface area contributed by atoms with E-state index in [0.717, 1.165) is 22.7 Å². The summed E-state index contributed by atoms with van der Waals surface area (Å²) in [6.45, 7) is 0. The van der Waals surface area contributed by atoms with Crippen molar-refractivity contribution in [2.24, 2.45) is 0 Å². The second kappa shape index (κ2) is 15.0. The van der Waals surface area contributed by atoms with Crippen molar-refractivity contribution in [3.05, 3.63) is 243 Å². The van der Waals surface area contributed by atoms with Gasteiger partial charge in [0.25, 0.3) is 0 Å². The van der Waals surface area contributed by atoms with E-state index >= 15 is 0 Å². The zero-order valence-electron chi connectivity index (χ0n) is 31.5. The summed E-state index contributed by atoms with van der Waals surface area (Å²) in [7, 11) is 0. The van der Waals surface area contributed by atoms with Crippen LogP contribution in [0.1, 0.15) is 0 Å². The van der Waals surface area contributed by atoms with E-state index in [2.05, 4.69) is 252 Å². The van der Waals surface area contributed by atoms with Crippen molar-refractivity contribution in [2.75, 3.05) is 4.90 Å². The summed E-state index contributed by atoms with van der Waals surface area (Å²) in [6, 6.07) is 89.0. The van der Waals surface area contributed by atoms with E-state index in [1.54, 1.807) is 0 Å². The average Bonchev–Trinajstić information content (AvgIpc) is 3.63. The maximum absolute atomic E-state index is 3.32. The van der Waals surface area contributed by atoms with Crippen molar-refractivity contribution in [2.45, 2.75) is 0 Å². The quantitative estimate of drug-likeness (QED) is 0.132. The zero-order valence-corrected chi connectivity index (χ0v) is 33.6. The molecule has 0 unspecified atom stereocenters. The average molecular weight is 790 g/mol. The van der Waals surface area contributed by atoms with Crippen LogP contribution in [0.15, 0.2) is 243 Å². The summed E-state index contributed by atoms with van der Waals surface area (Å²) < 4.78 is 8.06. The molecule has 1 heterocycles. The van der Waals surface area contributed by atoms with E-state index in [-0.39, 0.29) is 0 Å². The molecular formula is C54H40GeN2. The molecule has 0 aliphatic carbocycles. The van der Waals surface area contributed by atoms with Crippen molar-refractivity contribution < 1.29 is 0 Å². The Kier molecular flexibility index (Phi) is 9.10. The van der Waals surface area contributed by atoms with Gasteiger partial charge in [0.05, 0.1) is 11.0 Å². The van der Waals surface area contributed by atoms with Gasteiger partial charge in [-0.1, -0.05) is 42.5 Å². The predicted octanol–water partition coefficient (Wildman–Crippen LogP) is 11.3. The minimum atomic E-state index is -3.32. The molecule has 0 fully saturated rings. The van der Waals surface area contributed by atoms with E-state index in [1.165, 1.54) is 50.5 Å². The number of aromatic nitrogens is 1. The molecule has 0 amide bonds. The first-order valence-electron chi connectivity index (χ1n) is 19.6. The summed E-state index contributed by atoms with van der Waals surface area (Å²) in [6.07, 6.45) is 0. The van der Waals surface area contributed by atoms with Crippen molar-refractivity contribution in [3.8, 4) is 16.8 Å². The van der Waals surface area contributed by atoms with Gasteiger partial charge in [-0.25, -0.2) is 0 Å². The van der Waals surface area contributed by atoms with Gasteiger partial charge in [-0.2, -0.15) is 0 Å². The first kappa shape index (κ1) is 34.6. The zero-order chi connectivity index (χ0) is 38.0. The van der Waals surface area contributed by atoms with Crippen LogP contribution in [0.5, 0.6) is 0 Å². The summed E-state index contributed by atoms with van der Waals surface area (Å²) >= 11 is -3.32. The molecule has 9 aromatic carbocycles. The monoisotopic (exact) mass is 790 g/mol. The molecule has 270 valence electrons. The summed E-state index contributed by atoms with van der Waals surface area (Å²) in [5.41, 5.74) is 9.30. The summed E-state index contributed by atoms with van der Waals surface area (Å²) in [5, 5.41) is 2.47. The van der Waals surface area contributed by atoms with Crippen LogP contribution in [0.4, 0.5) is 17.1 Å². The third-order valence-corrected chi connectivity index (χ3v) is 21.4. The van der Waals surface area contributed by atoms with Crippen LogP contribution in [0.25, 0.3) is 38.6 Å². The van der Waals surface area contributed by atoms with E-state index in [4.69, 9.17) is 0 Å². The van der Waals surface area contributed by atoms with Crippen LogP contribution in [0, 0.1) is 0 Å². The van der Waals surface area contributed by atoms with Gasteiger partial charge in [0, 0.05) is 11.1 Å². The summed E-state index contributed by atoms with van der Waals surface area (Å²) in [5.74, 6) is 0. The Labute approximate surface area is 336 Å². The Morgan fingerprint density at radius 3 is 1.26 bits per heavy atom. The molecule has 0 atom stereocenters. The van der Waals surface area contributed by atoms with E-state index < -0.39 is 13.3 Å². The fourth-order valence-corrected chi connectivity index (χ4v) is 18.7. The Morgan fingerprint density at radius 2 is 0.702 bits per heavy atom. The van der Waals surface area contributed by atoms with Gasteiger partial charge in [0.15, 0.2) is 0 Å². The fourth-order valence-electron chi connectivity index (χ4n) is 8.76. The first-order chi connectivity index (χ1) is 28.3. The molecule has 0 radical (unpaired) electrons. The summed E-state index contributed by atoms with van der Waals surface area (Å²) in [4.78, 5) is 2.36. The Hall–Kier alpha value is -6.88. The van der Waals surface area contributed by atoms with Crippen LogP contribution in [-0.4, -0.2) is 17.8 Å². The SMILES string of the molecule is c1ccc(N(c2ccc(-c3cc[c]([Ge]([c]4ccccc4)([c]4ccccc4)[c]4ccccc4)cc3)cc2)c2ccc3c(c2)c2ccccc2n3-c2ccccc2)cc1. The molecule has 2 nitrogen and oxygen atoms in total. The van der Waals surface area contributed by atoms with E-state index in [9.17, 15) is 0 Å². The van der Waals surface area contributed by atoms with Gasteiger partial charge in [0.1, 0.15) is 0 Å². The number of hydrogen-bond acceptors (Lipinski definition) is 1. The molecule has 3 heteroatoms. The third-order valence-electron chi connectivity index (χ3n) is 11.3. The Bertz CT molecular complexity index is 2810. The molecule has 1 aromatic heterocycles. The Balaban J connectivity index is 1.05. The van der Waals surface area contributed by atoms with Gasteiger partial charge in [-0.3, -0.25) is 0 Å². The van der Waals surface area contributed by atoms with Crippen LogP contribution in [0.3, 0.4) is 0 Å². The number of anilines is 3. The molecule has 10 rings (SSSR count). The van der Waals surface area contributed by atoms with Gasteiger partial charge >= 0.3 is 251 Å². The Morgan fingerprint density at radius 1 is 0.298 bits per heavy atom. The number of fused-ring (bicyclic) bond motifs is 3. The molecule has 57 heavy (non-hydrogen) atoms. The number of para-hydroxylation sites is 3. The second-order valence-electron chi connectivity index (χ2n) is 14.5. The molecule has 0 spiro atoms. The van der Waals surface area contributed by atoms with E-state index in [1.807, 2.05) is 0 Å². The molecule has 0 N–H and O–H groups in total. The minimum absolute atomic E-state index is 1.11. The van der Waals surface area contributed by atoms with Gasteiger partial charge < -0.3 is 4.57 Å². The molecule has 0 bridgehead atoms.